The predicted octanol–water partition coefficient (Wildman–Crippen LogP) is 1.58. The van der Waals surface area contributed by atoms with Gasteiger partial charge in [0.2, 0.25) is 11.5 Å². The fourth-order valence-electron chi connectivity index (χ4n) is 4.90. The van der Waals surface area contributed by atoms with E-state index in [1.54, 1.807) is 6.92 Å². The lowest BCUT2D eigenvalue weighted by molar-refractivity contribution is -0.163. The molecule has 4 rings (SSSR count). The van der Waals surface area contributed by atoms with Gasteiger partial charge in [-0.25, -0.2) is 19.4 Å². The maximum absolute atomic E-state index is 13.4. The number of aromatic nitrogens is 1. The molecule has 43 heavy (non-hydrogen) atoms. The standard InChI is InChI=1S/C28H32N4O11/c1-2-42-27(41)32-12-10-31(11-13-32)24(36)18(6-7-22(33)34)30-23(35)20-15-21(43-28(26(39)40)8-3-9-28)17-5-4-16(25(37)38)14-19(17)29-20/h4-5,14-15,18H,2-3,6-13H2,1H3,(H,30,35)(H,33,34)(H,37,38)(H,39,40). The number of nitrogens with one attached hydrogen (secondary N) is 1. The number of hydrogen-bond acceptors (Lipinski definition) is 9. The lowest BCUT2D eigenvalue weighted by atomic mass is 9.80. The zero-order valence-electron chi connectivity index (χ0n) is 23.4. The Kier molecular flexibility index (Phi) is 9.31. The van der Waals surface area contributed by atoms with Crippen molar-refractivity contribution in [2.75, 3.05) is 32.8 Å². The normalized spacial score (nSPS) is 16.5. The average molecular weight is 601 g/mol. The van der Waals surface area contributed by atoms with E-state index in [2.05, 4.69) is 10.3 Å². The van der Waals surface area contributed by atoms with Crippen LogP contribution in [0.2, 0.25) is 0 Å². The van der Waals surface area contributed by atoms with Crippen LogP contribution in [0.3, 0.4) is 0 Å². The molecule has 15 heteroatoms. The van der Waals surface area contributed by atoms with Crippen molar-refractivity contribution in [1.82, 2.24) is 20.1 Å². The maximum atomic E-state index is 13.4. The van der Waals surface area contributed by atoms with E-state index in [4.69, 9.17) is 9.47 Å². The summed E-state index contributed by atoms with van der Waals surface area (Å²) < 4.78 is 10.9. The highest BCUT2D eigenvalue weighted by molar-refractivity contribution is 6.01. The minimum atomic E-state index is -1.51. The number of carbonyl (C=O) groups is 6. The number of carboxylic acid groups (broad SMARTS) is 3. The van der Waals surface area contributed by atoms with Gasteiger partial charge in [0.05, 0.1) is 17.7 Å². The average Bonchev–Trinajstić information content (AvgIpc) is 2.95. The van der Waals surface area contributed by atoms with Crippen molar-refractivity contribution in [2.24, 2.45) is 0 Å². The van der Waals surface area contributed by atoms with E-state index in [0.717, 1.165) is 0 Å². The van der Waals surface area contributed by atoms with Crippen LogP contribution in [0.4, 0.5) is 4.79 Å². The molecule has 1 saturated heterocycles. The number of nitrogens with zero attached hydrogens (tertiary/aromatic N) is 3. The smallest absolute Gasteiger partial charge is 0.409 e. The fraction of sp³-hybridized carbons (Fsp3) is 0.464. The SMILES string of the molecule is CCOC(=O)N1CCN(C(=O)C(CCC(=O)O)NC(=O)c2cc(OC3(C(=O)O)CCC3)c3ccc(C(=O)O)cc3n2)CC1. The summed E-state index contributed by atoms with van der Waals surface area (Å²) in [6.45, 7) is 2.53. The molecule has 0 bridgehead atoms. The van der Waals surface area contributed by atoms with Crippen LogP contribution in [0, 0.1) is 0 Å². The van der Waals surface area contributed by atoms with Crippen molar-refractivity contribution in [1.29, 1.82) is 0 Å². The highest BCUT2D eigenvalue weighted by Crippen LogP contribution is 2.39. The van der Waals surface area contributed by atoms with Gasteiger partial charge < -0.3 is 39.9 Å². The number of hydrogen-bond donors (Lipinski definition) is 4. The van der Waals surface area contributed by atoms with Crippen molar-refractivity contribution in [3.63, 3.8) is 0 Å². The van der Waals surface area contributed by atoms with Crippen LogP contribution in [0.25, 0.3) is 10.9 Å². The molecule has 2 fully saturated rings. The molecule has 1 aliphatic carbocycles. The maximum Gasteiger partial charge on any atom is 0.409 e. The van der Waals surface area contributed by atoms with Gasteiger partial charge >= 0.3 is 24.0 Å². The Balaban J connectivity index is 1.61. The van der Waals surface area contributed by atoms with Crippen molar-refractivity contribution in [2.45, 2.75) is 50.7 Å². The molecule has 0 spiro atoms. The van der Waals surface area contributed by atoms with Crippen molar-refractivity contribution >= 4 is 46.7 Å². The number of rotatable bonds is 11. The zero-order chi connectivity index (χ0) is 31.3. The van der Waals surface area contributed by atoms with Crippen LogP contribution in [0.1, 0.15) is 59.9 Å². The first-order valence-electron chi connectivity index (χ1n) is 13.8. The molecule has 1 aromatic carbocycles. The Labute approximate surface area is 245 Å². The van der Waals surface area contributed by atoms with E-state index >= 15 is 0 Å². The largest absolute Gasteiger partial charge is 0.481 e. The molecule has 0 radical (unpaired) electrons. The second-order valence-electron chi connectivity index (χ2n) is 10.3. The molecule has 2 heterocycles. The summed E-state index contributed by atoms with van der Waals surface area (Å²) in [5.41, 5.74) is -1.88. The summed E-state index contributed by atoms with van der Waals surface area (Å²) in [5, 5.41) is 31.3. The quantitative estimate of drug-likeness (QED) is 0.289. The minimum absolute atomic E-state index is 0.00214. The number of amides is 3. The summed E-state index contributed by atoms with van der Waals surface area (Å²) in [6.07, 6.45) is -0.0924. The number of benzene rings is 1. The summed E-state index contributed by atoms with van der Waals surface area (Å²) in [6, 6.07) is 3.88. The van der Waals surface area contributed by atoms with Gasteiger partial charge in [-0.1, -0.05) is 0 Å². The molecule has 3 amide bonds. The molecule has 1 unspecified atom stereocenters. The number of piperazine rings is 1. The van der Waals surface area contributed by atoms with Crippen LogP contribution >= 0.6 is 0 Å². The van der Waals surface area contributed by atoms with Crippen molar-refractivity contribution < 1.29 is 53.6 Å². The second kappa shape index (κ2) is 12.9. The molecule has 2 aromatic rings. The van der Waals surface area contributed by atoms with Gasteiger partial charge in [0.25, 0.3) is 5.91 Å². The zero-order valence-corrected chi connectivity index (χ0v) is 23.4. The number of ether oxygens (including phenoxy) is 2. The molecular weight excluding hydrogens is 568 g/mol. The summed E-state index contributed by atoms with van der Waals surface area (Å²) >= 11 is 0. The van der Waals surface area contributed by atoms with Gasteiger partial charge in [0, 0.05) is 44.1 Å². The summed E-state index contributed by atoms with van der Waals surface area (Å²) in [5.74, 6) is -5.04. The van der Waals surface area contributed by atoms with Gasteiger partial charge in [-0.15, -0.1) is 0 Å². The van der Waals surface area contributed by atoms with E-state index in [1.807, 2.05) is 0 Å². The third kappa shape index (κ3) is 6.93. The Hall–Kier alpha value is -4.95. The number of aromatic carboxylic acids is 1. The van der Waals surface area contributed by atoms with E-state index < -0.39 is 53.9 Å². The molecule has 4 N–H and O–H groups in total. The van der Waals surface area contributed by atoms with Crippen molar-refractivity contribution in [3.05, 3.63) is 35.5 Å². The third-order valence-electron chi connectivity index (χ3n) is 7.48. The van der Waals surface area contributed by atoms with Gasteiger partial charge in [0.1, 0.15) is 17.5 Å². The Morgan fingerprint density at radius 2 is 1.67 bits per heavy atom. The van der Waals surface area contributed by atoms with Crippen LogP contribution in [-0.4, -0.2) is 110 Å². The molecule has 1 saturated carbocycles. The number of carbonyl (C=O) groups excluding carboxylic acids is 3. The second-order valence-corrected chi connectivity index (χ2v) is 10.3. The first kappa shape index (κ1) is 31.0. The molecule has 1 aliphatic heterocycles. The molecule has 2 aliphatic rings. The topological polar surface area (TPSA) is 213 Å². The lowest BCUT2D eigenvalue weighted by Gasteiger charge is -2.38. The predicted molar refractivity (Wildman–Crippen MR) is 147 cm³/mol. The first-order chi connectivity index (χ1) is 20.4. The van der Waals surface area contributed by atoms with Crippen LogP contribution in [0.15, 0.2) is 24.3 Å². The van der Waals surface area contributed by atoms with E-state index in [-0.39, 0.29) is 80.0 Å². The molecule has 1 atom stereocenters. The monoisotopic (exact) mass is 600 g/mol. The minimum Gasteiger partial charge on any atom is -0.481 e. The molecule has 230 valence electrons. The van der Waals surface area contributed by atoms with Gasteiger partial charge in [0.15, 0.2) is 0 Å². The molecule has 1 aromatic heterocycles. The highest BCUT2D eigenvalue weighted by atomic mass is 16.6. The number of aliphatic carboxylic acids is 2. The Bertz CT molecular complexity index is 1450. The molecule has 15 nitrogen and oxygen atoms in total. The Morgan fingerprint density at radius 1 is 1.00 bits per heavy atom. The number of carboxylic acids is 3. The van der Waals surface area contributed by atoms with Crippen LogP contribution in [0.5, 0.6) is 5.75 Å². The third-order valence-corrected chi connectivity index (χ3v) is 7.48. The number of pyridine rings is 1. The van der Waals surface area contributed by atoms with E-state index in [1.165, 1.54) is 34.1 Å². The van der Waals surface area contributed by atoms with E-state index in [9.17, 15) is 44.1 Å². The van der Waals surface area contributed by atoms with Gasteiger partial charge in [-0.3, -0.25) is 14.4 Å². The highest BCUT2D eigenvalue weighted by Gasteiger charge is 2.47. The molecular formula is C28H32N4O11. The van der Waals surface area contributed by atoms with Crippen molar-refractivity contribution in [3.8, 4) is 5.75 Å². The van der Waals surface area contributed by atoms with Crippen LogP contribution in [-0.2, 0) is 19.1 Å². The van der Waals surface area contributed by atoms with Crippen LogP contribution < -0.4 is 10.1 Å². The first-order valence-corrected chi connectivity index (χ1v) is 13.8. The Morgan fingerprint density at radius 3 is 2.23 bits per heavy atom. The lowest BCUT2D eigenvalue weighted by Crippen LogP contribution is -2.56. The fourth-order valence-corrected chi connectivity index (χ4v) is 4.90. The van der Waals surface area contributed by atoms with E-state index in [0.29, 0.717) is 6.42 Å². The van der Waals surface area contributed by atoms with Gasteiger partial charge in [-0.2, -0.15) is 0 Å². The number of fused-ring (bicyclic) bond motifs is 1. The summed E-state index contributed by atoms with van der Waals surface area (Å²) in [7, 11) is 0. The van der Waals surface area contributed by atoms with Gasteiger partial charge in [-0.05, 0) is 50.8 Å². The summed E-state index contributed by atoms with van der Waals surface area (Å²) in [4.78, 5) is 80.8.